The van der Waals surface area contributed by atoms with Gasteiger partial charge >= 0.3 is 5.97 Å². The molecule has 6 heteroatoms. The summed E-state index contributed by atoms with van der Waals surface area (Å²) in [7, 11) is 0. The van der Waals surface area contributed by atoms with Crippen LogP contribution in [0.3, 0.4) is 0 Å². The molecule has 1 amide bonds. The Kier molecular flexibility index (Phi) is 7.12. The number of hydrogen-bond donors (Lipinski definition) is 2. The van der Waals surface area contributed by atoms with Crippen molar-refractivity contribution in [2.24, 2.45) is 5.92 Å². The molecule has 2 unspecified atom stereocenters. The number of nitrogens with zero attached hydrogens (tertiary/aromatic N) is 1. The number of thioether (sulfide) groups is 1. The monoisotopic (exact) mass is 350 g/mol. The Bertz CT molecular complexity index is 579. The molecule has 1 aliphatic heterocycles. The summed E-state index contributed by atoms with van der Waals surface area (Å²) in [4.78, 5) is 26.6. The number of nitrogens with one attached hydrogen (secondary N) is 1. The highest BCUT2D eigenvalue weighted by Gasteiger charge is 2.27. The van der Waals surface area contributed by atoms with Gasteiger partial charge in [0.15, 0.2) is 0 Å². The van der Waals surface area contributed by atoms with Crippen LogP contribution in [0.2, 0.25) is 0 Å². The lowest BCUT2D eigenvalue weighted by Gasteiger charge is -2.36. The number of carboxylic acid groups (broad SMARTS) is 1. The molecule has 1 aliphatic rings. The van der Waals surface area contributed by atoms with E-state index >= 15 is 0 Å². The number of carbonyl (C=O) groups is 2. The molecular formula is C18H26N2O3S. The highest BCUT2D eigenvalue weighted by Crippen LogP contribution is 2.23. The predicted molar refractivity (Wildman–Crippen MR) is 97.5 cm³/mol. The normalized spacial score (nSPS) is 19.7. The zero-order chi connectivity index (χ0) is 17.5. The van der Waals surface area contributed by atoms with Gasteiger partial charge in [-0.2, -0.15) is 0 Å². The average molecular weight is 350 g/mol. The molecular weight excluding hydrogens is 324 g/mol. The van der Waals surface area contributed by atoms with E-state index in [0.717, 1.165) is 36.5 Å². The van der Waals surface area contributed by atoms with Crippen LogP contribution in [-0.4, -0.2) is 47.3 Å². The molecule has 0 aromatic heterocycles. The van der Waals surface area contributed by atoms with E-state index in [1.807, 2.05) is 37.4 Å². The molecule has 2 rings (SSSR count). The second-order valence-corrected chi connectivity index (χ2v) is 7.21. The molecule has 24 heavy (non-hydrogen) atoms. The van der Waals surface area contributed by atoms with Crippen LogP contribution in [0.5, 0.6) is 0 Å². The number of rotatable bonds is 7. The minimum absolute atomic E-state index is 0.00728. The molecule has 0 spiro atoms. The lowest BCUT2D eigenvalue weighted by Crippen LogP contribution is -2.47. The SMILES string of the molecule is CSc1cccc(NC(=O)C(C)N2CCCC(CCC(=O)O)C2)c1. The first-order valence-corrected chi connectivity index (χ1v) is 9.63. The first kappa shape index (κ1) is 18.8. The Balaban J connectivity index is 1.90. The lowest BCUT2D eigenvalue weighted by atomic mass is 9.92. The number of benzene rings is 1. The second-order valence-electron chi connectivity index (χ2n) is 6.33. The summed E-state index contributed by atoms with van der Waals surface area (Å²) in [6.45, 7) is 3.61. The number of carboxylic acids is 1. The Morgan fingerprint density at radius 2 is 2.25 bits per heavy atom. The summed E-state index contributed by atoms with van der Waals surface area (Å²) in [5.74, 6) is -0.386. The summed E-state index contributed by atoms with van der Waals surface area (Å²) in [6, 6.07) is 7.61. The molecule has 0 bridgehead atoms. The van der Waals surface area contributed by atoms with Crippen molar-refractivity contribution >= 4 is 29.3 Å². The standard InChI is InChI=1S/C18H26N2O3S/c1-13(18(23)19-15-6-3-7-16(11-15)24-2)20-10-4-5-14(12-20)8-9-17(21)22/h3,6-7,11,13-14H,4-5,8-10,12H2,1-2H3,(H,19,23)(H,21,22). The zero-order valence-corrected chi connectivity index (χ0v) is 15.1. The van der Waals surface area contributed by atoms with Crippen molar-refractivity contribution in [1.82, 2.24) is 4.90 Å². The minimum atomic E-state index is -0.744. The van der Waals surface area contributed by atoms with Crippen LogP contribution in [0.1, 0.15) is 32.6 Å². The molecule has 0 aliphatic carbocycles. The predicted octanol–water partition coefficient (Wildman–Crippen LogP) is 3.31. The van der Waals surface area contributed by atoms with Crippen LogP contribution in [0.4, 0.5) is 5.69 Å². The van der Waals surface area contributed by atoms with Crippen LogP contribution in [0.15, 0.2) is 29.2 Å². The molecule has 1 heterocycles. The van der Waals surface area contributed by atoms with Crippen molar-refractivity contribution < 1.29 is 14.7 Å². The number of piperidine rings is 1. The molecule has 132 valence electrons. The van der Waals surface area contributed by atoms with Gasteiger partial charge in [0, 0.05) is 23.5 Å². The van der Waals surface area contributed by atoms with Crippen molar-refractivity contribution in [2.75, 3.05) is 24.7 Å². The third-order valence-electron chi connectivity index (χ3n) is 4.58. The number of carbonyl (C=O) groups excluding carboxylic acids is 1. The van der Waals surface area contributed by atoms with Gasteiger partial charge in [0.05, 0.1) is 6.04 Å². The Labute approximate surface area is 147 Å². The summed E-state index contributed by atoms with van der Waals surface area (Å²) >= 11 is 1.64. The highest BCUT2D eigenvalue weighted by atomic mass is 32.2. The molecule has 1 aromatic carbocycles. The molecule has 2 N–H and O–H groups in total. The minimum Gasteiger partial charge on any atom is -0.481 e. The van der Waals surface area contributed by atoms with Crippen molar-refractivity contribution in [3.8, 4) is 0 Å². The Morgan fingerprint density at radius 3 is 2.96 bits per heavy atom. The number of hydrogen-bond acceptors (Lipinski definition) is 4. The Morgan fingerprint density at radius 1 is 1.46 bits per heavy atom. The molecule has 5 nitrogen and oxygen atoms in total. The number of likely N-dealkylation sites (tertiary alicyclic amines) is 1. The summed E-state index contributed by atoms with van der Waals surface area (Å²) < 4.78 is 0. The lowest BCUT2D eigenvalue weighted by molar-refractivity contribution is -0.137. The molecule has 1 saturated heterocycles. The first-order chi connectivity index (χ1) is 11.5. The second kappa shape index (κ2) is 9.08. The van der Waals surface area contributed by atoms with Crippen molar-refractivity contribution in [2.45, 2.75) is 43.5 Å². The first-order valence-electron chi connectivity index (χ1n) is 8.40. The number of anilines is 1. The average Bonchev–Trinajstić information content (AvgIpc) is 2.59. The Hall–Kier alpha value is -1.53. The molecule has 1 aromatic rings. The molecule has 0 radical (unpaired) electrons. The van der Waals surface area contributed by atoms with E-state index in [0.29, 0.717) is 12.3 Å². The van der Waals surface area contributed by atoms with Gasteiger partial charge in [-0.3, -0.25) is 14.5 Å². The smallest absolute Gasteiger partial charge is 0.303 e. The maximum atomic E-state index is 12.5. The van der Waals surface area contributed by atoms with E-state index in [2.05, 4.69) is 10.2 Å². The van der Waals surface area contributed by atoms with Gasteiger partial charge in [0.2, 0.25) is 5.91 Å². The van der Waals surface area contributed by atoms with Gasteiger partial charge in [0.1, 0.15) is 0 Å². The molecule has 1 fully saturated rings. The van der Waals surface area contributed by atoms with Gasteiger partial charge in [-0.25, -0.2) is 0 Å². The molecule has 0 saturated carbocycles. The fraction of sp³-hybridized carbons (Fsp3) is 0.556. The van der Waals surface area contributed by atoms with Crippen molar-refractivity contribution in [1.29, 1.82) is 0 Å². The zero-order valence-electron chi connectivity index (χ0n) is 14.3. The van der Waals surface area contributed by atoms with Gasteiger partial charge in [-0.05, 0) is 63.1 Å². The largest absolute Gasteiger partial charge is 0.481 e. The van der Waals surface area contributed by atoms with Gasteiger partial charge in [-0.15, -0.1) is 11.8 Å². The third-order valence-corrected chi connectivity index (χ3v) is 5.31. The third kappa shape index (κ3) is 5.53. The van der Waals surface area contributed by atoms with Crippen molar-refractivity contribution in [3.63, 3.8) is 0 Å². The van der Waals surface area contributed by atoms with E-state index in [9.17, 15) is 9.59 Å². The van der Waals surface area contributed by atoms with Crippen LogP contribution >= 0.6 is 11.8 Å². The van der Waals surface area contributed by atoms with Gasteiger partial charge in [0.25, 0.3) is 0 Å². The summed E-state index contributed by atoms with van der Waals surface area (Å²) in [5, 5.41) is 11.8. The van der Waals surface area contributed by atoms with E-state index in [1.165, 1.54) is 0 Å². The maximum Gasteiger partial charge on any atom is 0.303 e. The van der Waals surface area contributed by atoms with Crippen LogP contribution in [-0.2, 0) is 9.59 Å². The van der Waals surface area contributed by atoms with Gasteiger partial charge < -0.3 is 10.4 Å². The fourth-order valence-corrected chi connectivity index (χ4v) is 3.59. The van der Waals surface area contributed by atoms with Crippen LogP contribution < -0.4 is 5.32 Å². The quantitative estimate of drug-likeness (QED) is 0.738. The van der Waals surface area contributed by atoms with Gasteiger partial charge in [-0.1, -0.05) is 6.07 Å². The van der Waals surface area contributed by atoms with E-state index in [4.69, 9.17) is 5.11 Å². The van der Waals surface area contributed by atoms with Crippen LogP contribution in [0.25, 0.3) is 0 Å². The number of aliphatic carboxylic acids is 1. The number of amides is 1. The summed E-state index contributed by atoms with van der Waals surface area (Å²) in [5.41, 5.74) is 0.818. The van der Waals surface area contributed by atoms with Crippen molar-refractivity contribution in [3.05, 3.63) is 24.3 Å². The summed E-state index contributed by atoms with van der Waals surface area (Å²) in [6.07, 6.45) is 4.98. The van der Waals surface area contributed by atoms with E-state index in [1.54, 1.807) is 11.8 Å². The molecule has 2 atom stereocenters. The van der Waals surface area contributed by atoms with E-state index < -0.39 is 5.97 Å². The van der Waals surface area contributed by atoms with E-state index in [-0.39, 0.29) is 18.4 Å². The maximum absolute atomic E-state index is 12.5. The highest BCUT2D eigenvalue weighted by molar-refractivity contribution is 7.98. The fourth-order valence-electron chi connectivity index (χ4n) is 3.13. The van der Waals surface area contributed by atoms with Crippen LogP contribution in [0, 0.1) is 5.92 Å². The topological polar surface area (TPSA) is 69.6 Å².